The smallest absolute Gasteiger partial charge is 0.323 e. The molecule has 0 spiro atoms. The fourth-order valence-corrected chi connectivity index (χ4v) is 1.68. The van der Waals surface area contributed by atoms with Crippen LogP contribution in [0.15, 0.2) is 0 Å². The minimum absolute atomic E-state index is 0.226. The fraction of sp³-hybridized carbons (Fsp3) is 0.818. The number of carboxylic acids is 1. The van der Waals surface area contributed by atoms with Gasteiger partial charge in [-0.15, -0.1) is 0 Å². The van der Waals surface area contributed by atoms with Crippen molar-refractivity contribution in [1.82, 2.24) is 4.90 Å². The van der Waals surface area contributed by atoms with Crippen LogP contribution in [0, 0.1) is 5.92 Å². The third-order valence-corrected chi connectivity index (χ3v) is 2.73. The van der Waals surface area contributed by atoms with Crippen molar-refractivity contribution >= 4 is 11.9 Å². The summed E-state index contributed by atoms with van der Waals surface area (Å²) in [6.07, 6.45) is 3.62. The second kappa shape index (κ2) is 5.84. The third kappa shape index (κ3) is 4.18. The van der Waals surface area contributed by atoms with Gasteiger partial charge in [0.15, 0.2) is 0 Å². The lowest BCUT2D eigenvalue weighted by molar-refractivity contribution is -0.145. The summed E-state index contributed by atoms with van der Waals surface area (Å²) in [4.78, 5) is 23.9. The number of carboxylic acid groups (broad SMARTS) is 1. The highest BCUT2D eigenvalue weighted by Crippen LogP contribution is 2.29. The van der Waals surface area contributed by atoms with E-state index in [9.17, 15) is 9.59 Å². The number of hydrogen-bond donors (Lipinski definition) is 2. The van der Waals surface area contributed by atoms with E-state index < -0.39 is 12.0 Å². The molecule has 0 heterocycles. The van der Waals surface area contributed by atoms with E-state index in [2.05, 4.69) is 0 Å². The van der Waals surface area contributed by atoms with Crippen LogP contribution in [-0.4, -0.2) is 41.0 Å². The molecular weight excluding hydrogens is 208 g/mol. The van der Waals surface area contributed by atoms with Gasteiger partial charge in [-0.05, 0) is 25.2 Å². The first-order chi connectivity index (χ1) is 7.54. The molecule has 1 rings (SSSR count). The number of nitrogens with two attached hydrogens (primary N) is 1. The standard InChI is InChI=1S/C11H20N2O3/c1-2-3-9(12)11(16)13(7-10(14)15)6-8-4-5-8/h8-9H,2-7,12H2,1H3,(H,14,15). The number of amides is 1. The van der Waals surface area contributed by atoms with Crippen molar-refractivity contribution in [3.63, 3.8) is 0 Å². The summed E-state index contributed by atoms with van der Waals surface area (Å²) in [5.74, 6) is -0.717. The molecule has 1 fully saturated rings. The Morgan fingerprint density at radius 3 is 2.56 bits per heavy atom. The molecule has 0 saturated heterocycles. The molecule has 16 heavy (non-hydrogen) atoms. The van der Waals surface area contributed by atoms with Crippen LogP contribution in [0.2, 0.25) is 0 Å². The Kier molecular flexibility index (Phi) is 4.73. The Hall–Kier alpha value is -1.10. The minimum Gasteiger partial charge on any atom is -0.480 e. The van der Waals surface area contributed by atoms with Gasteiger partial charge < -0.3 is 15.7 Å². The lowest BCUT2D eigenvalue weighted by Gasteiger charge is -2.23. The summed E-state index contributed by atoms with van der Waals surface area (Å²) in [6, 6.07) is -0.553. The quantitative estimate of drug-likeness (QED) is 0.662. The first-order valence-corrected chi connectivity index (χ1v) is 5.80. The summed E-state index contributed by atoms with van der Waals surface area (Å²) < 4.78 is 0. The van der Waals surface area contributed by atoms with E-state index in [-0.39, 0.29) is 12.5 Å². The molecule has 5 heteroatoms. The molecule has 0 aromatic heterocycles. The van der Waals surface area contributed by atoms with Crippen LogP contribution in [0.25, 0.3) is 0 Å². The van der Waals surface area contributed by atoms with E-state index in [0.29, 0.717) is 18.9 Å². The van der Waals surface area contributed by atoms with Crippen LogP contribution < -0.4 is 5.73 Å². The van der Waals surface area contributed by atoms with Crippen molar-refractivity contribution in [3.8, 4) is 0 Å². The molecule has 0 aromatic rings. The van der Waals surface area contributed by atoms with Crippen LogP contribution in [0.1, 0.15) is 32.6 Å². The summed E-state index contributed by atoms with van der Waals surface area (Å²) in [7, 11) is 0. The topological polar surface area (TPSA) is 83.6 Å². The number of nitrogens with zero attached hydrogens (tertiary/aromatic N) is 1. The molecule has 1 atom stereocenters. The summed E-state index contributed by atoms with van der Waals surface area (Å²) in [5, 5.41) is 8.74. The number of rotatable bonds is 7. The van der Waals surface area contributed by atoms with Gasteiger partial charge in [-0.3, -0.25) is 9.59 Å². The fourth-order valence-electron chi connectivity index (χ4n) is 1.68. The Bertz CT molecular complexity index is 264. The van der Waals surface area contributed by atoms with Crippen molar-refractivity contribution in [2.45, 2.75) is 38.6 Å². The van der Waals surface area contributed by atoms with Crippen LogP contribution in [0.5, 0.6) is 0 Å². The zero-order valence-electron chi connectivity index (χ0n) is 9.69. The number of carbonyl (C=O) groups excluding carboxylic acids is 1. The minimum atomic E-state index is -0.974. The van der Waals surface area contributed by atoms with Gasteiger partial charge in [0.05, 0.1) is 6.04 Å². The lowest BCUT2D eigenvalue weighted by atomic mass is 10.1. The van der Waals surface area contributed by atoms with Gasteiger partial charge in [0.25, 0.3) is 0 Å². The van der Waals surface area contributed by atoms with Crippen LogP contribution in [0.4, 0.5) is 0 Å². The molecule has 1 saturated carbocycles. The lowest BCUT2D eigenvalue weighted by Crippen LogP contribution is -2.46. The summed E-state index contributed by atoms with van der Waals surface area (Å²) in [6.45, 7) is 2.27. The Morgan fingerprint density at radius 1 is 1.50 bits per heavy atom. The van der Waals surface area contributed by atoms with E-state index in [4.69, 9.17) is 10.8 Å². The molecule has 0 aliphatic heterocycles. The van der Waals surface area contributed by atoms with Crippen LogP contribution in [-0.2, 0) is 9.59 Å². The SMILES string of the molecule is CCCC(N)C(=O)N(CC(=O)O)CC1CC1. The van der Waals surface area contributed by atoms with E-state index in [1.807, 2.05) is 6.92 Å². The zero-order chi connectivity index (χ0) is 12.1. The normalized spacial score (nSPS) is 16.9. The third-order valence-electron chi connectivity index (χ3n) is 2.73. The molecule has 92 valence electrons. The molecule has 1 unspecified atom stereocenters. The van der Waals surface area contributed by atoms with Gasteiger partial charge in [0.2, 0.25) is 5.91 Å². The maximum absolute atomic E-state index is 11.9. The van der Waals surface area contributed by atoms with Gasteiger partial charge in [-0.2, -0.15) is 0 Å². The monoisotopic (exact) mass is 228 g/mol. The molecule has 0 aromatic carbocycles. The Balaban J connectivity index is 2.51. The second-order valence-electron chi connectivity index (χ2n) is 4.45. The Labute approximate surface area is 95.6 Å². The molecule has 3 N–H and O–H groups in total. The summed E-state index contributed by atoms with van der Waals surface area (Å²) in [5.41, 5.74) is 5.72. The molecular formula is C11H20N2O3. The van der Waals surface area contributed by atoms with Crippen molar-refractivity contribution in [2.75, 3.05) is 13.1 Å². The van der Waals surface area contributed by atoms with Crippen molar-refractivity contribution in [3.05, 3.63) is 0 Å². The number of aliphatic carboxylic acids is 1. The maximum atomic E-state index is 11.9. The molecule has 1 amide bonds. The first-order valence-electron chi connectivity index (χ1n) is 5.80. The van der Waals surface area contributed by atoms with Gasteiger partial charge >= 0.3 is 5.97 Å². The highest BCUT2D eigenvalue weighted by Gasteiger charge is 2.29. The van der Waals surface area contributed by atoms with E-state index >= 15 is 0 Å². The molecule has 0 radical (unpaired) electrons. The average Bonchev–Trinajstić information content (AvgIpc) is 2.99. The zero-order valence-corrected chi connectivity index (χ0v) is 9.69. The number of carbonyl (C=O) groups is 2. The van der Waals surface area contributed by atoms with Crippen molar-refractivity contribution in [1.29, 1.82) is 0 Å². The molecule has 5 nitrogen and oxygen atoms in total. The van der Waals surface area contributed by atoms with Gasteiger partial charge in [0.1, 0.15) is 6.54 Å². The van der Waals surface area contributed by atoms with Crippen LogP contribution in [0.3, 0.4) is 0 Å². The summed E-state index contributed by atoms with van der Waals surface area (Å²) >= 11 is 0. The largest absolute Gasteiger partial charge is 0.480 e. The Morgan fingerprint density at radius 2 is 2.12 bits per heavy atom. The predicted octanol–water partition coefficient (Wildman–Crippen LogP) is 0.437. The van der Waals surface area contributed by atoms with E-state index in [1.54, 1.807) is 0 Å². The highest BCUT2D eigenvalue weighted by molar-refractivity contribution is 5.85. The molecule has 0 bridgehead atoms. The molecule has 1 aliphatic carbocycles. The van der Waals surface area contributed by atoms with Gasteiger partial charge in [-0.25, -0.2) is 0 Å². The van der Waals surface area contributed by atoms with E-state index in [1.165, 1.54) is 4.90 Å². The highest BCUT2D eigenvalue weighted by atomic mass is 16.4. The van der Waals surface area contributed by atoms with Crippen LogP contribution >= 0.6 is 0 Å². The predicted molar refractivity (Wildman–Crippen MR) is 59.8 cm³/mol. The average molecular weight is 228 g/mol. The first kappa shape index (κ1) is 13.0. The van der Waals surface area contributed by atoms with E-state index in [0.717, 1.165) is 19.3 Å². The second-order valence-corrected chi connectivity index (χ2v) is 4.45. The maximum Gasteiger partial charge on any atom is 0.323 e. The van der Waals surface area contributed by atoms with Crippen molar-refractivity contribution < 1.29 is 14.7 Å². The van der Waals surface area contributed by atoms with Gasteiger partial charge in [-0.1, -0.05) is 13.3 Å². The van der Waals surface area contributed by atoms with Crippen molar-refractivity contribution in [2.24, 2.45) is 11.7 Å². The number of hydrogen-bond acceptors (Lipinski definition) is 3. The van der Waals surface area contributed by atoms with Gasteiger partial charge in [0, 0.05) is 6.54 Å². The molecule has 1 aliphatic rings.